The highest BCUT2D eigenvalue weighted by molar-refractivity contribution is 6.00. The molecule has 0 aliphatic carbocycles. The van der Waals surface area contributed by atoms with Gasteiger partial charge >= 0.3 is 11.9 Å². The van der Waals surface area contributed by atoms with Crippen LogP contribution in [0.15, 0.2) is 48.5 Å². The Hall–Kier alpha value is -3.15. The molecule has 1 aliphatic heterocycles. The van der Waals surface area contributed by atoms with Crippen molar-refractivity contribution in [1.82, 2.24) is 0 Å². The molecule has 24 heavy (non-hydrogen) atoms. The van der Waals surface area contributed by atoms with E-state index >= 15 is 0 Å². The molecule has 1 unspecified atom stereocenters. The Labute approximate surface area is 138 Å². The number of ether oxygens (including phenoxy) is 2. The number of benzene rings is 2. The number of nitrogens with one attached hydrogen (secondary N) is 1. The van der Waals surface area contributed by atoms with Crippen molar-refractivity contribution in [2.45, 2.75) is 12.5 Å². The number of methoxy groups -OCH3 is 1. The zero-order chi connectivity index (χ0) is 17.1. The maximum atomic E-state index is 12.4. The highest BCUT2D eigenvalue weighted by Crippen LogP contribution is 2.21. The van der Waals surface area contributed by atoms with Crippen LogP contribution in [0.25, 0.3) is 0 Å². The molecule has 1 aliphatic rings. The van der Waals surface area contributed by atoms with Crippen LogP contribution in [0.4, 0.5) is 5.69 Å². The Balaban J connectivity index is 1.75. The fraction of sp³-hybridized carbons (Fsp3) is 0.167. The van der Waals surface area contributed by atoms with Crippen molar-refractivity contribution < 1.29 is 23.9 Å². The van der Waals surface area contributed by atoms with Gasteiger partial charge in [0.2, 0.25) is 0 Å². The third-order valence-corrected chi connectivity index (χ3v) is 3.74. The van der Waals surface area contributed by atoms with E-state index in [-0.39, 0.29) is 0 Å². The average Bonchev–Trinajstić information content (AvgIpc) is 2.61. The summed E-state index contributed by atoms with van der Waals surface area (Å²) in [7, 11) is 1.28. The lowest BCUT2D eigenvalue weighted by atomic mass is 9.98. The second-order valence-electron chi connectivity index (χ2n) is 5.32. The van der Waals surface area contributed by atoms with Gasteiger partial charge in [-0.25, -0.2) is 9.59 Å². The van der Waals surface area contributed by atoms with Gasteiger partial charge in [0.15, 0.2) is 6.10 Å². The molecule has 0 aromatic heterocycles. The van der Waals surface area contributed by atoms with Crippen LogP contribution >= 0.6 is 0 Å². The molecule has 6 nitrogen and oxygen atoms in total. The van der Waals surface area contributed by atoms with Gasteiger partial charge in [-0.15, -0.1) is 0 Å². The smallest absolute Gasteiger partial charge is 0.339 e. The Morgan fingerprint density at radius 2 is 1.96 bits per heavy atom. The summed E-state index contributed by atoms with van der Waals surface area (Å²) in [5.41, 5.74) is 2.01. The number of carbonyl (C=O) groups is 3. The molecule has 3 rings (SSSR count). The molecule has 1 N–H and O–H groups in total. The summed E-state index contributed by atoms with van der Waals surface area (Å²) >= 11 is 0. The SMILES string of the molecule is COC(=O)c1cccc(NC(=O)C2Cc3ccccc3C(=O)O2)c1. The number of hydrogen-bond donors (Lipinski definition) is 1. The van der Waals surface area contributed by atoms with Crippen molar-refractivity contribution in [1.29, 1.82) is 0 Å². The van der Waals surface area contributed by atoms with Crippen molar-refractivity contribution in [3.8, 4) is 0 Å². The van der Waals surface area contributed by atoms with Crippen LogP contribution < -0.4 is 5.32 Å². The standard InChI is InChI=1S/C18H15NO5/c1-23-17(21)12-6-4-7-13(9-12)19-16(20)15-10-11-5-2-3-8-14(11)18(22)24-15/h2-9,15H,10H2,1H3,(H,19,20). The molecule has 1 atom stereocenters. The molecule has 0 spiro atoms. The molecule has 0 radical (unpaired) electrons. The van der Waals surface area contributed by atoms with Gasteiger partial charge in [-0.3, -0.25) is 4.79 Å². The van der Waals surface area contributed by atoms with E-state index in [1.54, 1.807) is 36.4 Å². The first-order valence-electron chi connectivity index (χ1n) is 7.36. The van der Waals surface area contributed by atoms with Gasteiger partial charge in [0.25, 0.3) is 5.91 Å². The monoisotopic (exact) mass is 325 g/mol. The number of carbonyl (C=O) groups excluding carboxylic acids is 3. The molecule has 2 aromatic carbocycles. The van der Waals surface area contributed by atoms with Crippen molar-refractivity contribution in [2.75, 3.05) is 12.4 Å². The zero-order valence-corrected chi connectivity index (χ0v) is 12.9. The van der Waals surface area contributed by atoms with Crippen LogP contribution in [0.3, 0.4) is 0 Å². The molecule has 1 amide bonds. The minimum absolute atomic E-state index is 0.310. The van der Waals surface area contributed by atoms with E-state index in [0.717, 1.165) is 5.56 Å². The van der Waals surface area contributed by atoms with E-state index in [4.69, 9.17) is 4.74 Å². The summed E-state index contributed by atoms with van der Waals surface area (Å²) in [6, 6.07) is 13.4. The minimum atomic E-state index is -0.908. The van der Waals surface area contributed by atoms with Gasteiger partial charge in [-0.1, -0.05) is 24.3 Å². The zero-order valence-electron chi connectivity index (χ0n) is 12.9. The van der Waals surface area contributed by atoms with Crippen LogP contribution in [-0.4, -0.2) is 31.1 Å². The first kappa shape index (κ1) is 15.7. The van der Waals surface area contributed by atoms with Gasteiger partial charge in [0.05, 0.1) is 18.2 Å². The highest BCUT2D eigenvalue weighted by atomic mass is 16.5. The Morgan fingerprint density at radius 3 is 2.75 bits per heavy atom. The molecule has 122 valence electrons. The predicted molar refractivity (Wildman–Crippen MR) is 85.8 cm³/mol. The van der Waals surface area contributed by atoms with Crippen molar-refractivity contribution in [2.24, 2.45) is 0 Å². The molecular formula is C18H15NO5. The molecule has 0 saturated heterocycles. The summed E-state index contributed by atoms with van der Waals surface area (Å²) in [6.45, 7) is 0. The Kier molecular flexibility index (Phi) is 4.29. The molecule has 0 bridgehead atoms. The first-order valence-corrected chi connectivity index (χ1v) is 7.36. The number of cyclic esters (lactones) is 1. The lowest BCUT2D eigenvalue weighted by Crippen LogP contribution is -2.38. The van der Waals surface area contributed by atoms with Gasteiger partial charge in [-0.05, 0) is 29.8 Å². The van der Waals surface area contributed by atoms with E-state index in [0.29, 0.717) is 23.2 Å². The van der Waals surface area contributed by atoms with Crippen molar-refractivity contribution in [3.05, 3.63) is 65.2 Å². The van der Waals surface area contributed by atoms with Gasteiger partial charge in [0, 0.05) is 12.1 Å². The van der Waals surface area contributed by atoms with Crippen LogP contribution in [0.2, 0.25) is 0 Å². The van der Waals surface area contributed by atoms with E-state index in [9.17, 15) is 14.4 Å². The third kappa shape index (κ3) is 3.12. The van der Waals surface area contributed by atoms with E-state index in [1.807, 2.05) is 6.07 Å². The van der Waals surface area contributed by atoms with Crippen LogP contribution in [0.5, 0.6) is 0 Å². The average molecular weight is 325 g/mol. The Bertz CT molecular complexity index is 815. The largest absolute Gasteiger partial charge is 0.465 e. The molecule has 0 saturated carbocycles. The topological polar surface area (TPSA) is 81.7 Å². The predicted octanol–water partition coefficient (Wildman–Crippen LogP) is 2.19. The molecular weight excluding hydrogens is 310 g/mol. The molecule has 6 heteroatoms. The lowest BCUT2D eigenvalue weighted by Gasteiger charge is -2.23. The number of fused-ring (bicyclic) bond motifs is 1. The third-order valence-electron chi connectivity index (χ3n) is 3.74. The second-order valence-corrected chi connectivity index (χ2v) is 5.32. The summed E-state index contributed by atoms with van der Waals surface area (Å²) in [6.07, 6.45) is -0.598. The number of anilines is 1. The van der Waals surface area contributed by atoms with Crippen LogP contribution in [-0.2, 0) is 20.7 Å². The molecule has 0 fully saturated rings. The molecule has 2 aromatic rings. The number of esters is 2. The maximum Gasteiger partial charge on any atom is 0.339 e. The summed E-state index contributed by atoms with van der Waals surface area (Å²) in [4.78, 5) is 35.9. The van der Waals surface area contributed by atoms with Crippen molar-refractivity contribution in [3.63, 3.8) is 0 Å². The van der Waals surface area contributed by atoms with Gasteiger partial charge in [-0.2, -0.15) is 0 Å². The Morgan fingerprint density at radius 1 is 1.17 bits per heavy atom. The maximum absolute atomic E-state index is 12.4. The summed E-state index contributed by atoms with van der Waals surface area (Å²) in [5, 5.41) is 2.66. The minimum Gasteiger partial charge on any atom is -0.465 e. The van der Waals surface area contributed by atoms with E-state index in [1.165, 1.54) is 13.2 Å². The van der Waals surface area contributed by atoms with E-state index in [2.05, 4.69) is 10.1 Å². The molecule has 1 heterocycles. The fourth-order valence-electron chi connectivity index (χ4n) is 2.54. The highest BCUT2D eigenvalue weighted by Gasteiger charge is 2.31. The number of rotatable bonds is 3. The quantitative estimate of drug-likeness (QED) is 0.875. The fourth-order valence-corrected chi connectivity index (χ4v) is 2.54. The van der Waals surface area contributed by atoms with Crippen molar-refractivity contribution >= 4 is 23.5 Å². The second kappa shape index (κ2) is 6.54. The van der Waals surface area contributed by atoms with Gasteiger partial charge in [0.1, 0.15) is 0 Å². The summed E-state index contributed by atoms with van der Waals surface area (Å²) in [5.74, 6) is -1.45. The number of amides is 1. The van der Waals surface area contributed by atoms with Gasteiger partial charge < -0.3 is 14.8 Å². The first-order chi connectivity index (χ1) is 11.6. The lowest BCUT2D eigenvalue weighted by molar-refractivity contribution is -0.125. The normalized spacial score (nSPS) is 15.9. The van der Waals surface area contributed by atoms with Crippen LogP contribution in [0, 0.1) is 0 Å². The van der Waals surface area contributed by atoms with Crippen LogP contribution in [0.1, 0.15) is 26.3 Å². The summed E-state index contributed by atoms with van der Waals surface area (Å²) < 4.78 is 9.85. The number of hydrogen-bond acceptors (Lipinski definition) is 5. The van der Waals surface area contributed by atoms with E-state index < -0.39 is 23.9 Å².